The van der Waals surface area contributed by atoms with Gasteiger partial charge in [-0.05, 0) is 202 Å². The Hall–Kier alpha value is 0.320. The van der Waals surface area contributed by atoms with Gasteiger partial charge >= 0.3 is 103 Å². The number of aliphatic imine (C=N–C) groups is 1. The van der Waals surface area contributed by atoms with Crippen molar-refractivity contribution in [1.82, 2.24) is 9.97 Å². The Labute approximate surface area is 774 Å². The third kappa shape index (κ3) is 59.4. The summed E-state index contributed by atoms with van der Waals surface area (Å²) >= 11 is 4.27. The molecule has 2 aliphatic rings. The minimum atomic E-state index is -1.57. The number of nitrogens with two attached hydrogens (primary N) is 1. The van der Waals surface area contributed by atoms with Crippen LogP contribution in [-0.2, 0) is 145 Å². The van der Waals surface area contributed by atoms with Crippen LogP contribution in [0.25, 0.3) is 21.8 Å². The van der Waals surface area contributed by atoms with E-state index in [1.165, 1.54) is 0 Å². The van der Waals surface area contributed by atoms with Gasteiger partial charge in [0.15, 0.2) is 6.23 Å². The molecule has 4 aromatic rings. The molecule has 8 atom stereocenters. The lowest BCUT2D eigenvalue weighted by Gasteiger charge is -2.26. The topological polar surface area (TPSA) is 396 Å². The fraction of sp³-hybridized carbons (Fsp3) is 0.743. The zero-order valence-electron chi connectivity index (χ0n) is 77.8. The molecular formula is C74H142N4O36P12S. The van der Waals surface area contributed by atoms with Gasteiger partial charge in [-0.25, -0.2) is 0 Å². The Morgan fingerprint density at radius 3 is 0.898 bits per heavy atom. The molecule has 127 heavy (non-hydrogen) atoms. The largest absolute Gasteiger partial charge is 0.463 e. The maximum absolute atomic E-state index is 5.84. The average Bonchev–Trinajstić information content (AvgIpc) is 0.784. The van der Waals surface area contributed by atoms with Gasteiger partial charge in [-0.3, -0.25) is 37.6 Å². The van der Waals surface area contributed by atoms with Crippen molar-refractivity contribution in [2.24, 2.45) is 10.7 Å². The number of benzene rings is 2. The van der Waals surface area contributed by atoms with Crippen molar-refractivity contribution in [3.8, 4) is 23.0 Å². The Morgan fingerprint density at radius 1 is 0.323 bits per heavy atom. The number of rotatable bonds is 71. The fourth-order valence-corrected chi connectivity index (χ4v) is 20.0. The van der Waals surface area contributed by atoms with E-state index in [0.717, 1.165) is 21.8 Å². The van der Waals surface area contributed by atoms with Gasteiger partial charge < -0.3 is 146 Å². The molecule has 53 heteroatoms. The number of thiol groups is 1. The van der Waals surface area contributed by atoms with Crippen LogP contribution >= 0.6 is 116 Å². The zero-order chi connectivity index (χ0) is 94.0. The van der Waals surface area contributed by atoms with Crippen molar-refractivity contribution in [3.63, 3.8) is 0 Å². The minimum absolute atomic E-state index is 0.143. The first-order valence-electron chi connectivity index (χ1n) is 42.0. The molecule has 2 aromatic carbocycles. The smallest absolute Gasteiger partial charge is 0.417 e. The molecule has 2 N–H and O–H groups in total. The van der Waals surface area contributed by atoms with Crippen molar-refractivity contribution >= 4 is 144 Å². The maximum atomic E-state index is 5.84. The Bertz CT molecular complexity index is 2860. The summed E-state index contributed by atoms with van der Waals surface area (Å²) in [5, 5.41) is 1.71. The van der Waals surface area contributed by atoms with E-state index in [1.54, 1.807) is 12.4 Å². The molecule has 0 amide bonds. The monoisotopic (exact) mass is 2070 g/mol. The molecule has 0 aliphatic carbocycles. The number of aromatic nitrogens is 2. The van der Waals surface area contributed by atoms with Crippen LogP contribution in [0.2, 0.25) is 0 Å². The van der Waals surface area contributed by atoms with Crippen LogP contribution in [-0.4, -0.2) is 225 Å². The first kappa shape index (κ1) is 125. The lowest BCUT2D eigenvalue weighted by atomic mass is 10.2. The van der Waals surface area contributed by atoms with Gasteiger partial charge in [0.05, 0.1) is 205 Å². The van der Waals surface area contributed by atoms with E-state index in [2.05, 4.69) is 34.3 Å². The minimum Gasteiger partial charge on any atom is -0.417 e. The molecule has 6 rings (SSSR count). The zero-order valence-corrected chi connectivity index (χ0v) is 89.4. The molecule has 2 aromatic heterocycles. The van der Waals surface area contributed by atoms with Crippen molar-refractivity contribution in [2.75, 3.05) is 172 Å². The quantitative estimate of drug-likeness (QED) is 0.0136. The van der Waals surface area contributed by atoms with Gasteiger partial charge in [0.2, 0.25) is 0 Å². The highest BCUT2D eigenvalue weighted by Crippen LogP contribution is 2.55. The summed E-state index contributed by atoms with van der Waals surface area (Å²) in [5.41, 5.74) is 6.98. The number of pyridine rings is 2. The normalized spacial score (nSPS) is 14.9. The van der Waals surface area contributed by atoms with Crippen LogP contribution in [0.5, 0.6) is 23.0 Å². The molecule has 0 fully saturated rings. The second-order valence-corrected chi connectivity index (χ2v) is 37.3. The van der Waals surface area contributed by atoms with E-state index < -0.39 is 121 Å². The van der Waals surface area contributed by atoms with E-state index in [1.807, 2.05) is 208 Å². The summed E-state index contributed by atoms with van der Waals surface area (Å²) in [6.45, 7) is 59.1. The molecule has 4 heterocycles. The number of hydrogen-bond donors (Lipinski definition) is 2. The first-order chi connectivity index (χ1) is 61.7. The molecular weight excluding hydrogens is 1920 g/mol. The van der Waals surface area contributed by atoms with Crippen LogP contribution < -0.4 is 23.8 Å². The second-order valence-electron chi connectivity index (χ2n) is 22.7. The van der Waals surface area contributed by atoms with Crippen molar-refractivity contribution in [2.45, 2.75) is 195 Å². The summed E-state index contributed by atoms with van der Waals surface area (Å²) in [6, 6.07) is 15.0. The van der Waals surface area contributed by atoms with E-state index in [4.69, 9.17) is 169 Å². The Morgan fingerprint density at radius 2 is 0.583 bits per heavy atom. The van der Waals surface area contributed by atoms with Crippen LogP contribution in [0.3, 0.4) is 0 Å². The molecule has 40 nitrogen and oxygen atoms in total. The van der Waals surface area contributed by atoms with Gasteiger partial charge in [-0.1, -0.05) is 12.1 Å². The molecule has 2 aliphatic heterocycles. The lowest BCUT2D eigenvalue weighted by Crippen LogP contribution is -2.27. The van der Waals surface area contributed by atoms with Gasteiger partial charge in [0, 0.05) is 12.4 Å². The van der Waals surface area contributed by atoms with Gasteiger partial charge in [-0.15, -0.1) is 12.6 Å². The second kappa shape index (κ2) is 84.4. The molecule has 0 bridgehead atoms. The van der Waals surface area contributed by atoms with Crippen molar-refractivity contribution in [3.05, 3.63) is 60.9 Å². The maximum Gasteiger partial charge on any atom is 0.463 e. The van der Waals surface area contributed by atoms with E-state index in [0.29, 0.717) is 162 Å². The highest BCUT2D eigenvalue weighted by atomic mass is 32.1. The average molecular weight is 2070 g/mol. The summed E-state index contributed by atoms with van der Waals surface area (Å²) in [6.07, 6.45) is 1.70. The molecule has 740 valence electrons. The summed E-state index contributed by atoms with van der Waals surface area (Å²) in [4.78, 5) is 12.5. The third-order valence-corrected chi connectivity index (χ3v) is 29.2. The molecule has 8 unspecified atom stereocenters. The standard InChI is InChI=1S/C20H14N2O6P2.C12H28O6P2.C11H25NO6P2.C11H26O6P2.C10H25NO6P2.C10H24O6P2S/c1-3-13-19-15(5-1)25-29(27-17(19)7-9-21-13)23-11-12-24-30-26-16-6-2-4-14-20(16)18(28-30)8-10-22-14;1-7-13-19(14-8-2)17-11(5)12(6)18-20(15-9-3)16-10-4;1-6-13-19(14-7-2)17-10-11(12-5)18-20(15-8-3)16-9-4;1-6-12-18(13-7-2)16-10-11(5)17-19(14-8-3)15-9-4;1-5-12-18(13-6-2)16-9-10(11)17-19(14-7-3)15-8-4;1-5-11-17(12-6-2)15-9-10(19)16-18(13-7-3)14-8-4/h1-10H,11-12H2;11-12H,7-10H2,1-6H3;11H,5-10H2,1-4H3;11H,6-10H2,1-5H3;10H,5-9,11H2,1-4H3;10,19H,5-9H2,1-4H3. The lowest BCUT2D eigenvalue weighted by molar-refractivity contribution is 0.0363. The van der Waals surface area contributed by atoms with Crippen LogP contribution in [0.4, 0.5) is 0 Å². The van der Waals surface area contributed by atoms with E-state index in [9.17, 15) is 0 Å². The van der Waals surface area contributed by atoms with Crippen molar-refractivity contribution < 1.29 is 163 Å². The van der Waals surface area contributed by atoms with Gasteiger partial charge in [-0.2, -0.15) is 0 Å². The van der Waals surface area contributed by atoms with Gasteiger partial charge in [0.1, 0.15) is 41.3 Å². The summed E-state index contributed by atoms with van der Waals surface area (Å²) in [7, 11) is -16.7. The first-order valence-corrected chi connectivity index (χ1v) is 55.7. The summed E-state index contributed by atoms with van der Waals surface area (Å²) in [5.74, 6) is 2.82. The molecule has 0 saturated heterocycles. The fourth-order valence-electron chi connectivity index (χ4n) is 8.08. The highest BCUT2D eigenvalue weighted by molar-refractivity contribution is 7.81. The number of hydrogen-bond acceptors (Lipinski definition) is 41. The van der Waals surface area contributed by atoms with Crippen LogP contribution in [0, 0.1) is 0 Å². The Kier molecular flexibility index (Phi) is 83.3. The van der Waals surface area contributed by atoms with Gasteiger partial charge in [0.25, 0.3) is 0 Å². The van der Waals surface area contributed by atoms with E-state index >= 15 is 0 Å². The molecule has 0 radical (unpaired) electrons. The third-order valence-electron chi connectivity index (χ3n) is 12.9. The van der Waals surface area contributed by atoms with Crippen LogP contribution in [0.1, 0.15) is 159 Å². The number of nitrogens with zero attached hydrogens (tertiary/aromatic N) is 3. The summed E-state index contributed by atoms with van der Waals surface area (Å²) < 4.78 is 197. The van der Waals surface area contributed by atoms with Crippen molar-refractivity contribution in [1.29, 1.82) is 0 Å². The molecule has 0 saturated carbocycles. The van der Waals surface area contributed by atoms with Crippen LogP contribution in [0.15, 0.2) is 65.9 Å². The Balaban J connectivity index is 0.000000772. The molecule has 0 spiro atoms. The SMILES string of the molecule is C=NC(COP(OCC)OCC)OP(OCC)OCC.CCOP(OCC)OC(C)C(C)OP(OCC)OCC.CCOP(OCC)OCC(C)OP(OCC)OCC.CCOP(OCC)OCC(N)OP(OCC)OCC.CCOP(OCC)OCC(S)OP(OCC)OCC.c1cc2c3c(ccnc3c1)OP(OCCOP1Oc3cccc4nccc(c34)O1)O2. The highest BCUT2D eigenvalue weighted by Gasteiger charge is 2.32. The predicted octanol–water partition coefficient (Wildman–Crippen LogP) is 24.3. The van der Waals surface area contributed by atoms with E-state index in [-0.39, 0.29) is 51.3 Å². The predicted molar refractivity (Wildman–Crippen MR) is 506 cm³/mol.